The molecule has 0 saturated carbocycles. The minimum atomic E-state index is 0.446. The van der Waals surface area contributed by atoms with Crippen molar-refractivity contribution in [1.29, 1.82) is 0 Å². The van der Waals surface area contributed by atoms with E-state index in [4.69, 9.17) is 9.47 Å². The quantitative estimate of drug-likeness (QED) is 0.616. The first-order valence-electron chi connectivity index (χ1n) is 5.05. The van der Waals surface area contributed by atoms with Gasteiger partial charge in [-0.3, -0.25) is 0 Å². The molecule has 3 nitrogen and oxygen atoms in total. The summed E-state index contributed by atoms with van der Waals surface area (Å²) in [6.07, 6.45) is 2.76. The Hall–Kier alpha value is -0.120. The average Bonchev–Trinajstić information content (AvgIpc) is 2.12. The summed E-state index contributed by atoms with van der Waals surface area (Å²) in [7, 11) is 3.89. The van der Waals surface area contributed by atoms with Gasteiger partial charge in [0, 0.05) is 19.7 Å². The minimum Gasteiger partial charge on any atom is -0.382 e. The van der Waals surface area contributed by atoms with E-state index < -0.39 is 0 Å². The Morgan fingerprint density at radius 1 is 1.38 bits per heavy atom. The molecular weight excluding hydrogens is 166 g/mol. The molecule has 0 aliphatic carbocycles. The van der Waals surface area contributed by atoms with E-state index in [1.165, 1.54) is 0 Å². The number of nitrogens with zero attached hydrogens (tertiary/aromatic N) is 1. The Morgan fingerprint density at radius 3 is 2.77 bits per heavy atom. The molecule has 2 atom stereocenters. The van der Waals surface area contributed by atoms with Gasteiger partial charge in [0.05, 0.1) is 19.3 Å². The van der Waals surface area contributed by atoms with Gasteiger partial charge in [0.25, 0.3) is 0 Å². The monoisotopic (exact) mass is 187 g/mol. The molecule has 0 aromatic heterocycles. The lowest BCUT2D eigenvalue weighted by Crippen LogP contribution is -2.41. The standard InChI is InChI=1S/C10H21NO2/c1-9-8-10(4-5-11(9)2)13-7-6-12-3/h9-10H,4-8H2,1-3H3/t9-,10+/m1/s1. The lowest BCUT2D eigenvalue weighted by atomic mass is 10.0. The van der Waals surface area contributed by atoms with Gasteiger partial charge in [-0.2, -0.15) is 0 Å². The summed E-state index contributed by atoms with van der Waals surface area (Å²) in [6.45, 7) is 4.85. The van der Waals surface area contributed by atoms with Crippen LogP contribution in [0.2, 0.25) is 0 Å². The fourth-order valence-electron chi connectivity index (χ4n) is 1.70. The fourth-order valence-corrected chi connectivity index (χ4v) is 1.70. The van der Waals surface area contributed by atoms with Gasteiger partial charge in [-0.15, -0.1) is 0 Å². The van der Waals surface area contributed by atoms with Crippen LogP contribution < -0.4 is 0 Å². The van der Waals surface area contributed by atoms with Crippen LogP contribution in [0, 0.1) is 0 Å². The van der Waals surface area contributed by atoms with Crippen molar-refractivity contribution in [2.24, 2.45) is 0 Å². The van der Waals surface area contributed by atoms with Gasteiger partial charge in [-0.25, -0.2) is 0 Å². The highest BCUT2D eigenvalue weighted by Gasteiger charge is 2.22. The molecule has 0 aromatic rings. The predicted molar refractivity (Wildman–Crippen MR) is 52.9 cm³/mol. The van der Waals surface area contributed by atoms with Crippen molar-refractivity contribution < 1.29 is 9.47 Å². The molecule has 1 heterocycles. The summed E-state index contributed by atoms with van der Waals surface area (Å²) in [6, 6.07) is 0.654. The van der Waals surface area contributed by atoms with Crippen LogP contribution in [0.3, 0.4) is 0 Å². The van der Waals surface area contributed by atoms with Crippen molar-refractivity contribution in [3.05, 3.63) is 0 Å². The zero-order valence-corrected chi connectivity index (χ0v) is 8.95. The van der Waals surface area contributed by atoms with Gasteiger partial charge in [-0.1, -0.05) is 0 Å². The van der Waals surface area contributed by atoms with Crippen molar-refractivity contribution in [3.8, 4) is 0 Å². The molecule has 0 unspecified atom stereocenters. The average molecular weight is 187 g/mol. The van der Waals surface area contributed by atoms with Crippen LogP contribution >= 0.6 is 0 Å². The molecule has 13 heavy (non-hydrogen) atoms. The van der Waals surface area contributed by atoms with Crippen LogP contribution in [-0.2, 0) is 9.47 Å². The third-order valence-corrected chi connectivity index (χ3v) is 2.80. The number of hydrogen-bond donors (Lipinski definition) is 0. The second-order valence-corrected chi connectivity index (χ2v) is 3.84. The van der Waals surface area contributed by atoms with E-state index >= 15 is 0 Å². The number of piperidine rings is 1. The molecule has 1 saturated heterocycles. The molecule has 0 amide bonds. The fraction of sp³-hybridized carbons (Fsp3) is 1.00. The zero-order valence-electron chi connectivity index (χ0n) is 8.95. The van der Waals surface area contributed by atoms with Crippen LogP contribution in [-0.4, -0.2) is 51.0 Å². The number of hydrogen-bond acceptors (Lipinski definition) is 3. The lowest BCUT2D eigenvalue weighted by molar-refractivity contribution is -0.0241. The number of rotatable bonds is 4. The number of likely N-dealkylation sites (tertiary alicyclic amines) is 1. The molecular formula is C10H21NO2. The van der Waals surface area contributed by atoms with Crippen LogP contribution in [0.5, 0.6) is 0 Å². The molecule has 1 rings (SSSR count). The summed E-state index contributed by atoms with van der Waals surface area (Å²) in [4.78, 5) is 2.39. The van der Waals surface area contributed by atoms with E-state index in [1.54, 1.807) is 7.11 Å². The highest BCUT2D eigenvalue weighted by atomic mass is 16.5. The first kappa shape index (κ1) is 11.0. The third-order valence-electron chi connectivity index (χ3n) is 2.80. The molecule has 0 aromatic carbocycles. The van der Waals surface area contributed by atoms with Crippen molar-refractivity contribution in [2.75, 3.05) is 33.9 Å². The molecule has 0 N–H and O–H groups in total. The van der Waals surface area contributed by atoms with Gasteiger partial charge in [-0.05, 0) is 26.8 Å². The van der Waals surface area contributed by atoms with Gasteiger partial charge in [0.1, 0.15) is 0 Å². The van der Waals surface area contributed by atoms with E-state index in [0.717, 1.165) is 26.0 Å². The summed E-state index contributed by atoms with van der Waals surface area (Å²) >= 11 is 0. The summed E-state index contributed by atoms with van der Waals surface area (Å²) in [5.74, 6) is 0. The van der Waals surface area contributed by atoms with Crippen molar-refractivity contribution in [1.82, 2.24) is 4.90 Å². The third kappa shape index (κ3) is 3.63. The van der Waals surface area contributed by atoms with Gasteiger partial charge in [0.15, 0.2) is 0 Å². The summed E-state index contributed by atoms with van der Waals surface area (Å²) in [5, 5.41) is 0. The smallest absolute Gasteiger partial charge is 0.0704 e. The second-order valence-electron chi connectivity index (χ2n) is 3.84. The highest BCUT2D eigenvalue weighted by Crippen LogP contribution is 2.17. The normalized spacial score (nSPS) is 30.7. The Morgan fingerprint density at radius 2 is 2.15 bits per heavy atom. The summed E-state index contributed by atoms with van der Waals surface area (Å²) < 4.78 is 10.6. The van der Waals surface area contributed by atoms with Crippen LogP contribution in [0.4, 0.5) is 0 Å². The van der Waals surface area contributed by atoms with Crippen molar-refractivity contribution in [3.63, 3.8) is 0 Å². The van der Waals surface area contributed by atoms with Crippen LogP contribution in [0.1, 0.15) is 19.8 Å². The number of ether oxygens (including phenoxy) is 2. The van der Waals surface area contributed by atoms with E-state index in [9.17, 15) is 0 Å². The zero-order chi connectivity index (χ0) is 9.68. The molecule has 0 spiro atoms. The van der Waals surface area contributed by atoms with Crippen molar-refractivity contribution >= 4 is 0 Å². The maximum absolute atomic E-state index is 5.69. The van der Waals surface area contributed by atoms with Gasteiger partial charge >= 0.3 is 0 Å². The predicted octanol–water partition coefficient (Wildman–Crippen LogP) is 1.13. The molecule has 1 fully saturated rings. The maximum Gasteiger partial charge on any atom is 0.0704 e. The van der Waals surface area contributed by atoms with Crippen LogP contribution in [0.15, 0.2) is 0 Å². The molecule has 0 radical (unpaired) electrons. The Balaban J connectivity index is 2.14. The highest BCUT2D eigenvalue weighted by molar-refractivity contribution is 4.76. The molecule has 78 valence electrons. The summed E-state index contributed by atoms with van der Waals surface area (Å²) in [5.41, 5.74) is 0. The van der Waals surface area contributed by atoms with Gasteiger partial charge < -0.3 is 14.4 Å². The van der Waals surface area contributed by atoms with E-state index in [0.29, 0.717) is 18.8 Å². The Kier molecular flexibility index (Phi) is 4.70. The second kappa shape index (κ2) is 5.58. The van der Waals surface area contributed by atoms with Gasteiger partial charge in [0.2, 0.25) is 0 Å². The number of methoxy groups -OCH3 is 1. The maximum atomic E-state index is 5.69. The van der Waals surface area contributed by atoms with Crippen LogP contribution in [0.25, 0.3) is 0 Å². The Labute approximate surface area is 81.0 Å². The lowest BCUT2D eigenvalue weighted by Gasteiger charge is -2.34. The van der Waals surface area contributed by atoms with E-state index in [1.807, 2.05) is 0 Å². The first-order valence-corrected chi connectivity index (χ1v) is 5.05. The minimum absolute atomic E-state index is 0.446. The Bertz CT molecular complexity index is 141. The first-order chi connectivity index (χ1) is 6.24. The van der Waals surface area contributed by atoms with E-state index in [2.05, 4.69) is 18.9 Å². The molecule has 3 heteroatoms. The molecule has 0 bridgehead atoms. The topological polar surface area (TPSA) is 21.7 Å². The van der Waals surface area contributed by atoms with E-state index in [-0.39, 0.29) is 0 Å². The molecule has 1 aliphatic heterocycles. The van der Waals surface area contributed by atoms with Crippen molar-refractivity contribution in [2.45, 2.75) is 31.9 Å². The molecule has 1 aliphatic rings. The SMILES string of the molecule is COCCO[C@H]1CCN(C)[C@H](C)C1. The largest absolute Gasteiger partial charge is 0.382 e.